The minimum absolute atomic E-state index is 0. The topological polar surface area (TPSA) is 602 Å². The van der Waals surface area contributed by atoms with Crippen molar-refractivity contribution in [2.75, 3.05) is 146 Å². The number of piperidine rings is 1. The van der Waals surface area contributed by atoms with Gasteiger partial charge < -0.3 is 128 Å². The van der Waals surface area contributed by atoms with Crippen LogP contribution in [0.3, 0.4) is 0 Å². The Kier molecular flexibility index (Phi) is 38.5. The SMILES string of the molecule is CC(C)N(C1CNCC(F)(F)C1)S(=O)(=O)N1C[C@H](CCCB(O)O)[C@](N)(C(=O)O)C1.CC(C)N(C1C[N+](C)(C)C1)S(=O)(=O)N1C[C@H](CCCB(O)O)[C@](N)(C(=O)O)C1.CCN(C1CNCC1(F)F)S(=O)(=O)N1C[C@H](CCCB(O)O)[C@](N)(C(=O)O)C1.CCN(C1C[N+](C)(C)C1)S(=O)(=O)N1C[C@H](CCCB(O)O)[C@](N)(C(=O)O)C1.[Cl-].[Cl-]. The molecule has 2 unspecified atom stereocenters. The Morgan fingerprint density at radius 2 is 0.722 bits per heavy atom. The molecule has 115 heavy (non-hydrogen) atoms. The summed E-state index contributed by atoms with van der Waals surface area (Å²) in [5.74, 6) is -14.3. The first-order valence-corrected chi connectivity index (χ1v) is 43.6. The summed E-state index contributed by atoms with van der Waals surface area (Å²) >= 11 is 0. The smallest absolute Gasteiger partial charge is 0.451 e. The highest BCUT2D eigenvalue weighted by atomic mass is 35.5. The van der Waals surface area contributed by atoms with Gasteiger partial charge in [0.05, 0.1) is 41.3 Å². The van der Waals surface area contributed by atoms with Crippen molar-refractivity contribution in [2.24, 2.45) is 46.6 Å². The zero-order chi connectivity index (χ0) is 86.3. The van der Waals surface area contributed by atoms with Crippen molar-refractivity contribution < 1.29 is 165 Å². The van der Waals surface area contributed by atoms with E-state index in [-0.39, 0.29) is 153 Å². The molecule has 8 heterocycles. The van der Waals surface area contributed by atoms with Crippen LogP contribution in [-0.4, -0.2) is 406 Å². The Balaban J connectivity index is 0.000000395. The van der Waals surface area contributed by atoms with Crippen molar-refractivity contribution in [3.63, 3.8) is 0 Å². The average Bonchev–Trinajstić information content (AvgIpc) is 1.68. The van der Waals surface area contributed by atoms with Crippen LogP contribution in [0.15, 0.2) is 0 Å². The van der Waals surface area contributed by atoms with Gasteiger partial charge in [-0.3, -0.25) is 19.2 Å². The lowest BCUT2D eigenvalue weighted by atomic mass is 9.78. The Morgan fingerprint density at radius 1 is 0.452 bits per heavy atom. The highest BCUT2D eigenvalue weighted by Crippen LogP contribution is 2.41. The number of alkyl halides is 4. The Bertz CT molecular complexity index is 3690. The molecule has 0 saturated carbocycles. The van der Waals surface area contributed by atoms with Crippen molar-refractivity contribution >= 4 is 93.2 Å². The van der Waals surface area contributed by atoms with E-state index in [1.165, 1.54) is 24.1 Å². The summed E-state index contributed by atoms with van der Waals surface area (Å²) in [5.41, 5.74) is 17.2. The first-order valence-electron chi connectivity index (χ1n) is 38.1. The van der Waals surface area contributed by atoms with Crippen molar-refractivity contribution in [1.82, 2.24) is 45.1 Å². The van der Waals surface area contributed by atoms with Crippen LogP contribution >= 0.6 is 0 Å². The third-order valence-corrected chi connectivity index (χ3v) is 31.3. The van der Waals surface area contributed by atoms with Crippen molar-refractivity contribution in [1.29, 1.82) is 0 Å². The Hall–Kier alpha value is -2.72. The molecule has 8 aliphatic heterocycles. The van der Waals surface area contributed by atoms with Crippen LogP contribution in [0, 0.1) is 23.7 Å². The summed E-state index contributed by atoms with van der Waals surface area (Å²) in [6, 6.07) is -3.66. The summed E-state index contributed by atoms with van der Waals surface area (Å²) in [5, 5.41) is 115. The molecule has 0 amide bonds. The largest absolute Gasteiger partial charge is 1.00 e. The van der Waals surface area contributed by atoms with E-state index in [0.717, 1.165) is 21.9 Å². The number of quaternary nitrogens is 2. The maximum Gasteiger partial charge on any atom is 0.451 e. The number of hydrogen-bond acceptors (Lipinski definition) is 26. The Morgan fingerprint density at radius 3 is 0.965 bits per heavy atom. The van der Waals surface area contributed by atoms with Gasteiger partial charge in [-0.1, -0.05) is 39.5 Å². The van der Waals surface area contributed by atoms with Gasteiger partial charge >= 0.3 is 52.4 Å². The summed E-state index contributed by atoms with van der Waals surface area (Å²) in [6.07, 6.45) is 1.67. The fraction of sp³-hybridized carbons (Fsp3) is 0.934. The molecule has 8 aliphatic rings. The predicted octanol–water partition coefficient (Wildman–Crippen LogP) is -12.6. The van der Waals surface area contributed by atoms with Crippen molar-refractivity contribution in [3.8, 4) is 0 Å². The highest BCUT2D eigenvalue weighted by molar-refractivity contribution is 7.87. The molecule has 670 valence electrons. The fourth-order valence-corrected chi connectivity index (χ4v) is 24.8. The maximum absolute atomic E-state index is 14.1. The molecular weight excluding hydrogens is 1660 g/mol. The minimum Gasteiger partial charge on any atom is -1.00 e. The maximum atomic E-state index is 14.1. The van der Waals surface area contributed by atoms with Gasteiger partial charge in [0.25, 0.3) is 52.7 Å². The number of nitrogens with one attached hydrogen (secondary N) is 2. The van der Waals surface area contributed by atoms with Crippen molar-refractivity contribution in [3.05, 3.63) is 0 Å². The minimum atomic E-state index is -4.38. The molecule has 0 aromatic carbocycles. The molecule has 0 aromatic rings. The van der Waals surface area contributed by atoms with Crippen LogP contribution in [0.5, 0.6) is 0 Å². The second-order valence-corrected chi connectivity index (χ2v) is 40.9. The van der Waals surface area contributed by atoms with Gasteiger partial charge in [0.2, 0.25) is 0 Å². The molecule has 0 bridgehead atoms. The second kappa shape index (κ2) is 41.6. The summed E-state index contributed by atoms with van der Waals surface area (Å²) in [7, 11) is -14.3. The number of carboxylic acid groups (broad SMARTS) is 4. The lowest BCUT2D eigenvalue weighted by Gasteiger charge is -2.49. The number of hydrogen-bond donors (Lipinski definition) is 18. The summed E-state index contributed by atoms with van der Waals surface area (Å²) in [6.45, 7) is 9.66. The van der Waals surface area contributed by atoms with Crippen molar-refractivity contribution in [2.45, 2.75) is 195 Å². The number of likely N-dealkylation sites (tertiary alicyclic amines) is 2. The van der Waals surface area contributed by atoms with Gasteiger partial charge in [-0.25, -0.2) is 17.6 Å². The van der Waals surface area contributed by atoms with E-state index in [0.29, 0.717) is 62.7 Å². The third kappa shape index (κ3) is 26.0. The monoisotopic (exact) mass is 1780 g/mol. The number of aliphatic carboxylic acids is 4. The second-order valence-electron chi connectivity index (χ2n) is 33.4. The highest BCUT2D eigenvalue weighted by Gasteiger charge is 2.61. The Labute approximate surface area is 686 Å². The lowest BCUT2D eigenvalue weighted by molar-refractivity contribution is -0.933. The van der Waals surface area contributed by atoms with Crippen LogP contribution in [-0.2, 0) is 60.0 Å². The molecule has 0 spiro atoms. The number of rotatable bonds is 36. The molecule has 0 aliphatic carbocycles. The van der Waals surface area contributed by atoms with Crippen LogP contribution in [0.2, 0.25) is 25.3 Å². The molecule has 8 rings (SSSR count). The molecule has 54 heteroatoms. The molecular formula is C61H124B4Cl2F4N16O24S4. The molecule has 8 fully saturated rings. The zero-order valence-electron chi connectivity index (χ0n) is 67.0. The van der Waals surface area contributed by atoms with E-state index in [9.17, 15) is 90.8 Å². The number of likely N-dealkylation sites (N-methyl/N-ethyl adjacent to an activating group) is 4. The molecule has 40 nitrogen and oxygen atoms in total. The van der Waals surface area contributed by atoms with E-state index in [4.69, 9.17) is 63.1 Å². The normalized spacial score (nSPS) is 29.2. The van der Waals surface area contributed by atoms with Crippen LogP contribution in [0.25, 0.3) is 0 Å². The first-order chi connectivity index (χ1) is 51.6. The number of carbonyl (C=O) groups is 4. The van der Waals surface area contributed by atoms with Gasteiger partial charge in [-0.05, 0) is 78.7 Å². The number of nitrogens with two attached hydrogens (primary N) is 4. The van der Waals surface area contributed by atoms with Gasteiger partial charge in [-0.2, -0.15) is 68.1 Å². The van der Waals surface area contributed by atoms with E-state index in [2.05, 4.69) is 10.6 Å². The van der Waals surface area contributed by atoms with Crippen LogP contribution in [0.1, 0.15) is 99.3 Å². The van der Waals surface area contributed by atoms with Gasteiger partial charge in [0, 0.05) is 127 Å². The predicted molar refractivity (Wildman–Crippen MR) is 409 cm³/mol. The molecule has 10 atom stereocenters. The van der Waals surface area contributed by atoms with E-state index >= 15 is 0 Å². The van der Waals surface area contributed by atoms with Gasteiger partial charge in [0.15, 0.2) is 0 Å². The van der Waals surface area contributed by atoms with Crippen LogP contribution in [0.4, 0.5) is 17.6 Å². The van der Waals surface area contributed by atoms with E-state index < -0.39 is 202 Å². The van der Waals surface area contributed by atoms with E-state index in [1.54, 1.807) is 20.8 Å². The lowest BCUT2D eigenvalue weighted by Crippen LogP contribution is -3.00. The molecule has 8 saturated heterocycles. The summed E-state index contributed by atoms with van der Waals surface area (Å²) in [4.78, 5) is 47.1. The molecule has 22 N–H and O–H groups in total. The summed E-state index contributed by atoms with van der Waals surface area (Å²) < 4.78 is 172. The average molecular weight is 1780 g/mol. The van der Waals surface area contributed by atoms with Gasteiger partial charge in [0.1, 0.15) is 66.5 Å². The van der Waals surface area contributed by atoms with Gasteiger partial charge in [-0.15, -0.1) is 0 Å². The van der Waals surface area contributed by atoms with Crippen LogP contribution < -0.4 is 58.4 Å². The number of carboxylic acids is 4. The first kappa shape index (κ1) is 106. The number of nitrogens with zero attached hydrogens (tertiary/aromatic N) is 10. The number of halogens is 6. The molecule has 0 aromatic heterocycles. The fourth-order valence-electron chi connectivity index (χ4n) is 16.9. The quantitative estimate of drug-likeness (QED) is 0.0157. The standard InChI is InChI=1S/C16H31BF2N4O6S.C16H33BN4O6S.C15H31BN4O6S.C14H27BF2N4O6S.2ClH/c1-11(2)23(13-6-15(18,19)9-21-7-13)30(28,29)22-8-12(4-3-5-17(26)27)16(20,10-22)14(24)25;1-12(2)20(14-9-21(3,4)10-14)28(26,27)19-8-13(6-5-7-17(24)25)16(18,11-19)15(22)23;1-4-19(13-9-20(2,3)10-13)27(25,26)18-8-12(6-5-7-16(23)24)15(17,11-18)14(21)22;1-2-21(11-6-19-8-14(11,16)17)28(26,27)20-7-10(4-3-5-15(24)25)13(18,9-20)12(22)23;;/h11-13,21,26-27H,3-10,20H2,1-2H3,(H,24,25);12-14,24-25H,5-11,18H2,1-4H3;12-13,23-24H,4-11,17H2,1-3H3;10-11,19,24-25H,2-9,18H2,1H3,(H,22,23);2*1H/t12-,13?,16-;13-,16-;12-,15-;10-,11?,13-;;/m0000../s1. The van der Waals surface area contributed by atoms with E-state index in [1.807, 2.05) is 42.0 Å². The zero-order valence-corrected chi connectivity index (χ0v) is 71.7. The molecule has 0 radical (unpaired) electrons. The third-order valence-electron chi connectivity index (χ3n) is 22.9.